The monoisotopic (exact) mass is 352 g/mol. The summed E-state index contributed by atoms with van der Waals surface area (Å²) < 4.78 is 5.56. The van der Waals surface area contributed by atoms with E-state index < -0.39 is 18.1 Å². The topological polar surface area (TPSA) is 78.9 Å². The maximum absolute atomic E-state index is 12.5. The van der Waals surface area contributed by atoms with E-state index in [0.29, 0.717) is 13.1 Å². The third kappa shape index (κ3) is 2.82. The van der Waals surface area contributed by atoms with Gasteiger partial charge in [-0.3, -0.25) is 4.90 Å². The van der Waals surface area contributed by atoms with Crippen LogP contribution in [0.4, 0.5) is 4.79 Å². The fraction of sp³-hybridized carbons (Fsp3) is 0.300. The van der Waals surface area contributed by atoms with E-state index in [4.69, 9.17) is 4.74 Å². The summed E-state index contributed by atoms with van der Waals surface area (Å²) in [6.45, 7) is 1.32. The average molecular weight is 352 g/mol. The fourth-order valence-corrected chi connectivity index (χ4v) is 3.82. The maximum Gasteiger partial charge on any atom is 0.410 e. The van der Waals surface area contributed by atoms with Crippen LogP contribution in [0.3, 0.4) is 0 Å². The van der Waals surface area contributed by atoms with Crippen LogP contribution in [0.15, 0.2) is 48.5 Å². The maximum atomic E-state index is 12.5. The van der Waals surface area contributed by atoms with Gasteiger partial charge in [0, 0.05) is 25.6 Å². The molecular formula is C20H20N2O4. The summed E-state index contributed by atoms with van der Waals surface area (Å²) in [4.78, 5) is 25.2. The van der Waals surface area contributed by atoms with E-state index in [1.807, 2.05) is 24.3 Å². The minimum atomic E-state index is -1.02. The first-order chi connectivity index (χ1) is 12.7. The Morgan fingerprint density at radius 1 is 1.08 bits per heavy atom. The first kappa shape index (κ1) is 16.6. The molecule has 6 heteroatoms. The number of amides is 1. The van der Waals surface area contributed by atoms with Crippen LogP contribution in [0.25, 0.3) is 11.1 Å². The van der Waals surface area contributed by atoms with Gasteiger partial charge in [-0.1, -0.05) is 48.5 Å². The first-order valence-corrected chi connectivity index (χ1v) is 8.72. The van der Waals surface area contributed by atoms with Crippen LogP contribution in [-0.4, -0.2) is 54.4 Å². The number of carboxylic acid groups (broad SMARTS) is 1. The molecular weight excluding hydrogens is 332 g/mol. The first-order valence-electron chi connectivity index (χ1n) is 8.72. The summed E-state index contributed by atoms with van der Waals surface area (Å²) in [6.07, 6.45) is -0.569. The van der Waals surface area contributed by atoms with Gasteiger partial charge in [-0.2, -0.15) is 0 Å². The molecule has 1 aliphatic heterocycles. The van der Waals surface area contributed by atoms with Crippen LogP contribution in [-0.2, 0) is 9.53 Å². The molecule has 1 heterocycles. The Kier molecular flexibility index (Phi) is 4.34. The van der Waals surface area contributed by atoms with Crippen molar-refractivity contribution in [1.82, 2.24) is 10.2 Å². The molecule has 0 bridgehead atoms. The zero-order valence-electron chi connectivity index (χ0n) is 14.2. The lowest BCUT2D eigenvalue weighted by Crippen LogP contribution is -2.57. The van der Waals surface area contributed by atoms with Crippen LogP contribution < -0.4 is 5.32 Å². The van der Waals surface area contributed by atoms with Crippen molar-refractivity contribution in [2.45, 2.75) is 12.0 Å². The van der Waals surface area contributed by atoms with Crippen molar-refractivity contribution in [1.29, 1.82) is 0 Å². The highest BCUT2D eigenvalue weighted by Crippen LogP contribution is 2.44. The quantitative estimate of drug-likeness (QED) is 0.886. The largest absolute Gasteiger partial charge is 0.480 e. The predicted molar refractivity (Wildman–Crippen MR) is 96.1 cm³/mol. The molecule has 134 valence electrons. The molecule has 0 saturated carbocycles. The number of carbonyl (C=O) groups excluding carboxylic acids is 1. The van der Waals surface area contributed by atoms with E-state index in [-0.39, 0.29) is 19.1 Å². The zero-order chi connectivity index (χ0) is 18.1. The third-order valence-corrected chi connectivity index (χ3v) is 5.10. The van der Waals surface area contributed by atoms with Gasteiger partial charge in [-0.25, -0.2) is 9.59 Å². The van der Waals surface area contributed by atoms with Crippen molar-refractivity contribution >= 4 is 12.1 Å². The van der Waals surface area contributed by atoms with Crippen LogP contribution in [0, 0.1) is 0 Å². The molecule has 2 aliphatic rings. The van der Waals surface area contributed by atoms with Gasteiger partial charge >= 0.3 is 12.1 Å². The van der Waals surface area contributed by atoms with E-state index in [1.54, 1.807) is 0 Å². The Balaban J connectivity index is 1.53. The number of benzene rings is 2. The number of carboxylic acids is 1. The highest BCUT2D eigenvalue weighted by Gasteiger charge is 2.34. The van der Waals surface area contributed by atoms with Crippen LogP contribution >= 0.6 is 0 Å². The molecule has 1 fully saturated rings. The van der Waals surface area contributed by atoms with Crippen molar-refractivity contribution in [3.05, 3.63) is 59.7 Å². The van der Waals surface area contributed by atoms with Gasteiger partial charge in [0.25, 0.3) is 0 Å². The molecule has 2 aromatic rings. The number of fused-ring (bicyclic) bond motifs is 3. The summed E-state index contributed by atoms with van der Waals surface area (Å²) in [6, 6.07) is 15.3. The summed E-state index contributed by atoms with van der Waals surface area (Å²) in [5.41, 5.74) is 4.60. The molecule has 4 rings (SSSR count). The molecule has 1 aliphatic carbocycles. The number of rotatable bonds is 3. The van der Waals surface area contributed by atoms with Gasteiger partial charge in [-0.05, 0) is 22.3 Å². The number of piperazine rings is 1. The van der Waals surface area contributed by atoms with E-state index in [2.05, 4.69) is 29.6 Å². The number of hydrogen-bond acceptors (Lipinski definition) is 4. The zero-order valence-corrected chi connectivity index (χ0v) is 14.2. The molecule has 1 amide bonds. The van der Waals surface area contributed by atoms with Gasteiger partial charge in [0.05, 0.1) is 0 Å². The molecule has 2 N–H and O–H groups in total. The summed E-state index contributed by atoms with van der Waals surface area (Å²) in [5, 5.41) is 12.3. The number of aliphatic carboxylic acids is 1. The molecule has 2 aromatic carbocycles. The second-order valence-corrected chi connectivity index (χ2v) is 6.56. The number of ether oxygens (including phenoxy) is 1. The van der Waals surface area contributed by atoms with Crippen molar-refractivity contribution in [2.75, 3.05) is 26.2 Å². The van der Waals surface area contributed by atoms with Crippen LogP contribution in [0.5, 0.6) is 0 Å². The van der Waals surface area contributed by atoms with Crippen molar-refractivity contribution in [2.24, 2.45) is 0 Å². The highest BCUT2D eigenvalue weighted by atomic mass is 16.6. The van der Waals surface area contributed by atoms with E-state index in [9.17, 15) is 14.7 Å². The lowest BCUT2D eigenvalue weighted by atomic mass is 9.98. The highest BCUT2D eigenvalue weighted by molar-refractivity contribution is 5.81. The Hall–Kier alpha value is -2.86. The lowest BCUT2D eigenvalue weighted by Gasteiger charge is -2.32. The SMILES string of the molecule is O=C(O)C1CNCCN1C(=O)OCC1c2ccccc2-c2ccccc21. The summed E-state index contributed by atoms with van der Waals surface area (Å²) >= 11 is 0. The number of nitrogens with zero attached hydrogens (tertiary/aromatic N) is 1. The number of carbonyl (C=O) groups is 2. The fourth-order valence-electron chi connectivity index (χ4n) is 3.82. The lowest BCUT2D eigenvalue weighted by molar-refractivity contribution is -0.143. The van der Waals surface area contributed by atoms with Crippen molar-refractivity contribution in [3.8, 4) is 11.1 Å². The summed E-state index contributed by atoms with van der Waals surface area (Å²) in [7, 11) is 0. The van der Waals surface area contributed by atoms with Gasteiger partial charge in [-0.15, -0.1) is 0 Å². The number of nitrogens with one attached hydrogen (secondary N) is 1. The molecule has 1 unspecified atom stereocenters. The molecule has 0 aromatic heterocycles. The molecule has 0 radical (unpaired) electrons. The predicted octanol–water partition coefficient (Wildman–Crippen LogP) is 2.29. The second kappa shape index (κ2) is 6.80. The molecule has 26 heavy (non-hydrogen) atoms. The van der Waals surface area contributed by atoms with E-state index >= 15 is 0 Å². The molecule has 6 nitrogen and oxygen atoms in total. The smallest absolute Gasteiger partial charge is 0.410 e. The van der Waals surface area contributed by atoms with Crippen LogP contribution in [0.1, 0.15) is 17.0 Å². The Bertz CT molecular complexity index is 806. The second-order valence-electron chi connectivity index (χ2n) is 6.56. The van der Waals surface area contributed by atoms with E-state index in [0.717, 1.165) is 22.3 Å². The molecule has 1 saturated heterocycles. The standard InChI is InChI=1S/C20H20N2O4/c23-19(24)18-11-21-9-10-22(18)20(25)26-12-17-15-7-3-1-5-13(15)14-6-2-4-8-16(14)17/h1-8,17-18,21H,9-12H2,(H,23,24). The Labute approximate surface area is 151 Å². The number of hydrogen-bond donors (Lipinski definition) is 2. The van der Waals surface area contributed by atoms with Gasteiger partial charge in [0.2, 0.25) is 0 Å². The van der Waals surface area contributed by atoms with Gasteiger partial charge in [0.15, 0.2) is 0 Å². The average Bonchev–Trinajstić information content (AvgIpc) is 3.00. The van der Waals surface area contributed by atoms with Crippen LogP contribution in [0.2, 0.25) is 0 Å². The van der Waals surface area contributed by atoms with Crippen molar-refractivity contribution in [3.63, 3.8) is 0 Å². The minimum absolute atomic E-state index is 0.0301. The van der Waals surface area contributed by atoms with E-state index in [1.165, 1.54) is 4.90 Å². The third-order valence-electron chi connectivity index (χ3n) is 5.10. The molecule has 1 atom stereocenters. The normalized spacial score (nSPS) is 18.9. The van der Waals surface area contributed by atoms with Gasteiger partial charge in [0.1, 0.15) is 12.6 Å². The molecule has 0 spiro atoms. The summed E-state index contributed by atoms with van der Waals surface area (Å²) in [5.74, 6) is -1.05. The Morgan fingerprint density at radius 2 is 1.69 bits per heavy atom. The Morgan fingerprint density at radius 3 is 2.31 bits per heavy atom. The van der Waals surface area contributed by atoms with Gasteiger partial charge < -0.3 is 15.2 Å². The minimum Gasteiger partial charge on any atom is -0.480 e. The van der Waals surface area contributed by atoms with Crippen molar-refractivity contribution < 1.29 is 19.4 Å².